The van der Waals surface area contributed by atoms with Crippen LogP contribution in [-0.4, -0.2) is 24.6 Å². The Bertz CT molecular complexity index is 476. The van der Waals surface area contributed by atoms with E-state index in [4.69, 9.17) is 27.9 Å². The van der Waals surface area contributed by atoms with E-state index in [1.807, 2.05) is 0 Å². The Kier molecular flexibility index (Phi) is 4.85. The Morgan fingerprint density at radius 3 is 2.58 bits per heavy atom. The summed E-state index contributed by atoms with van der Waals surface area (Å²) in [5.41, 5.74) is -0.150. The topological polar surface area (TPSA) is 64.4 Å². The lowest BCUT2D eigenvalue weighted by molar-refractivity contribution is -0.385. The number of nitrogens with zero attached hydrogens (tertiary/aromatic N) is 1. The molecule has 0 radical (unpaired) electrons. The van der Waals surface area contributed by atoms with Gasteiger partial charge in [-0.15, -0.1) is 0 Å². The first-order valence-electron chi connectivity index (χ1n) is 6.05. The van der Waals surface area contributed by atoms with Crippen LogP contribution in [0.4, 0.5) is 5.69 Å². The van der Waals surface area contributed by atoms with Crippen molar-refractivity contribution < 1.29 is 9.66 Å². The van der Waals surface area contributed by atoms with Crippen LogP contribution < -0.4 is 10.1 Å². The highest BCUT2D eigenvalue weighted by Crippen LogP contribution is 2.36. The Morgan fingerprint density at radius 2 is 1.95 bits per heavy atom. The summed E-state index contributed by atoms with van der Waals surface area (Å²) in [6.45, 7) is 2.37. The van der Waals surface area contributed by atoms with Crippen LogP contribution in [0.3, 0.4) is 0 Å². The minimum Gasteiger partial charge on any atom is -0.486 e. The third-order valence-electron chi connectivity index (χ3n) is 3.13. The number of rotatable bonds is 4. The number of nitro benzene ring substituents is 1. The monoisotopic (exact) mass is 304 g/mol. The molecule has 7 heteroatoms. The van der Waals surface area contributed by atoms with Crippen molar-refractivity contribution in [3.63, 3.8) is 0 Å². The van der Waals surface area contributed by atoms with Gasteiger partial charge in [0, 0.05) is 12.1 Å². The number of ether oxygens (including phenoxy) is 1. The second kappa shape index (κ2) is 6.41. The molecule has 0 spiro atoms. The SMILES string of the molecule is O=[N+]([O-])c1cc(Cl)c(Cl)cc1OCC1CCNCC1. The molecular weight excluding hydrogens is 291 g/mol. The molecule has 0 aromatic heterocycles. The van der Waals surface area contributed by atoms with E-state index in [2.05, 4.69) is 5.32 Å². The van der Waals surface area contributed by atoms with Gasteiger partial charge in [-0.25, -0.2) is 0 Å². The van der Waals surface area contributed by atoms with E-state index >= 15 is 0 Å². The Hall–Kier alpha value is -1.04. The first kappa shape index (κ1) is 14.4. The maximum atomic E-state index is 11.0. The highest BCUT2D eigenvalue weighted by Gasteiger charge is 2.20. The van der Waals surface area contributed by atoms with E-state index in [1.165, 1.54) is 12.1 Å². The summed E-state index contributed by atoms with van der Waals surface area (Å²) >= 11 is 11.6. The molecule has 19 heavy (non-hydrogen) atoms. The van der Waals surface area contributed by atoms with Crippen molar-refractivity contribution in [2.75, 3.05) is 19.7 Å². The van der Waals surface area contributed by atoms with Gasteiger partial charge in [-0.1, -0.05) is 23.2 Å². The fourth-order valence-corrected chi connectivity index (χ4v) is 2.34. The molecule has 5 nitrogen and oxygen atoms in total. The molecule has 0 aliphatic carbocycles. The fraction of sp³-hybridized carbons (Fsp3) is 0.500. The van der Waals surface area contributed by atoms with Crippen molar-refractivity contribution in [3.8, 4) is 5.75 Å². The number of benzene rings is 1. The summed E-state index contributed by atoms with van der Waals surface area (Å²) in [6, 6.07) is 2.63. The van der Waals surface area contributed by atoms with Crippen molar-refractivity contribution in [2.45, 2.75) is 12.8 Å². The van der Waals surface area contributed by atoms with Crippen LogP contribution in [0, 0.1) is 16.0 Å². The lowest BCUT2D eigenvalue weighted by atomic mass is 9.99. The number of hydrogen-bond donors (Lipinski definition) is 1. The molecule has 1 aromatic rings. The van der Waals surface area contributed by atoms with Gasteiger partial charge in [0.1, 0.15) is 0 Å². The normalized spacial score (nSPS) is 16.3. The van der Waals surface area contributed by atoms with Gasteiger partial charge < -0.3 is 10.1 Å². The smallest absolute Gasteiger partial charge is 0.312 e. The number of nitro groups is 1. The van der Waals surface area contributed by atoms with Crippen LogP contribution in [0.2, 0.25) is 10.0 Å². The molecule has 1 aromatic carbocycles. The summed E-state index contributed by atoms with van der Waals surface area (Å²) in [4.78, 5) is 10.4. The minimum absolute atomic E-state index is 0.150. The lowest BCUT2D eigenvalue weighted by Gasteiger charge is -2.22. The van der Waals surface area contributed by atoms with E-state index in [0.717, 1.165) is 25.9 Å². The highest BCUT2D eigenvalue weighted by molar-refractivity contribution is 6.42. The first-order valence-corrected chi connectivity index (χ1v) is 6.80. The molecule has 1 aliphatic rings. The summed E-state index contributed by atoms with van der Waals surface area (Å²) in [6.07, 6.45) is 2.02. The molecule has 1 saturated heterocycles. The van der Waals surface area contributed by atoms with Crippen LogP contribution in [0.25, 0.3) is 0 Å². The van der Waals surface area contributed by atoms with Crippen molar-refractivity contribution in [1.29, 1.82) is 0 Å². The van der Waals surface area contributed by atoms with Gasteiger partial charge in [-0.05, 0) is 31.8 Å². The molecule has 104 valence electrons. The molecule has 1 fully saturated rings. The average Bonchev–Trinajstić information content (AvgIpc) is 2.40. The van der Waals surface area contributed by atoms with E-state index in [-0.39, 0.29) is 21.5 Å². The minimum atomic E-state index is -0.514. The third kappa shape index (κ3) is 3.72. The predicted molar refractivity (Wildman–Crippen MR) is 74.2 cm³/mol. The van der Waals surface area contributed by atoms with Gasteiger partial charge in [-0.3, -0.25) is 10.1 Å². The van der Waals surface area contributed by atoms with Crippen molar-refractivity contribution in [3.05, 3.63) is 32.3 Å². The highest BCUT2D eigenvalue weighted by atomic mass is 35.5. The van der Waals surface area contributed by atoms with E-state index in [1.54, 1.807) is 0 Å². The third-order valence-corrected chi connectivity index (χ3v) is 3.85. The van der Waals surface area contributed by atoms with E-state index in [0.29, 0.717) is 12.5 Å². The molecule has 1 aliphatic heterocycles. The van der Waals surface area contributed by atoms with Crippen molar-refractivity contribution in [2.24, 2.45) is 5.92 Å². The maximum Gasteiger partial charge on any atom is 0.312 e. The molecule has 1 heterocycles. The number of nitrogens with one attached hydrogen (secondary N) is 1. The first-order chi connectivity index (χ1) is 9.08. The van der Waals surface area contributed by atoms with E-state index < -0.39 is 4.92 Å². The van der Waals surface area contributed by atoms with Gasteiger partial charge in [0.15, 0.2) is 5.75 Å². The van der Waals surface area contributed by atoms with Gasteiger partial charge in [-0.2, -0.15) is 0 Å². The Morgan fingerprint density at radius 1 is 1.32 bits per heavy atom. The Balaban J connectivity index is 2.09. The number of hydrogen-bond acceptors (Lipinski definition) is 4. The summed E-state index contributed by atoms with van der Waals surface area (Å²) in [5, 5.41) is 14.6. The van der Waals surface area contributed by atoms with Crippen LogP contribution in [0.5, 0.6) is 5.75 Å². The van der Waals surface area contributed by atoms with Gasteiger partial charge in [0.2, 0.25) is 0 Å². The molecule has 1 N–H and O–H groups in total. The van der Waals surface area contributed by atoms with Crippen LogP contribution in [-0.2, 0) is 0 Å². The molecule has 0 amide bonds. The number of piperidine rings is 1. The maximum absolute atomic E-state index is 11.0. The molecule has 2 rings (SSSR count). The fourth-order valence-electron chi connectivity index (χ4n) is 2.03. The summed E-state index contributed by atoms with van der Waals surface area (Å²) in [5.74, 6) is 0.591. The molecule has 0 unspecified atom stereocenters. The van der Waals surface area contributed by atoms with Gasteiger partial charge in [0.25, 0.3) is 0 Å². The van der Waals surface area contributed by atoms with Crippen molar-refractivity contribution >= 4 is 28.9 Å². The quantitative estimate of drug-likeness (QED) is 0.685. The zero-order valence-electron chi connectivity index (χ0n) is 10.2. The summed E-state index contributed by atoms with van der Waals surface area (Å²) in [7, 11) is 0. The van der Waals surface area contributed by atoms with E-state index in [9.17, 15) is 10.1 Å². The van der Waals surface area contributed by atoms with Crippen LogP contribution in [0.1, 0.15) is 12.8 Å². The van der Waals surface area contributed by atoms with Gasteiger partial charge in [0.05, 0.1) is 21.6 Å². The van der Waals surface area contributed by atoms with Crippen LogP contribution >= 0.6 is 23.2 Å². The Labute approximate surface area is 121 Å². The zero-order valence-corrected chi connectivity index (χ0v) is 11.7. The zero-order chi connectivity index (χ0) is 13.8. The second-order valence-corrected chi connectivity index (χ2v) is 5.31. The lowest BCUT2D eigenvalue weighted by Crippen LogP contribution is -2.30. The standard InChI is InChI=1S/C12H14Cl2N2O3/c13-9-5-11(16(17)18)12(6-10(9)14)19-7-8-1-3-15-4-2-8/h5-6,8,15H,1-4,7H2. The van der Waals surface area contributed by atoms with Gasteiger partial charge >= 0.3 is 5.69 Å². The second-order valence-electron chi connectivity index (χ2n) is 4.50. The van der Waals surface area contributed by atoms with Crippen LogP contribution in [0.15, 0.2) is 12.1 Å². The number of halogens is 2. The van der Waals surface area contributed by atoms with Crippen molar-refractivity contribution in [1.82, 2.24) is 5.32 Å². The molecule has 0 atom stereocenters. The largest absolute Gasteiger partial charge is 0.486 e. The average molecular weight is 305 g/mol. The predicted octanol–water partition coefficient (Wildman–Crippen LogP) is 3.28. The summed E-state index contributed by atoms with van der Waals surface area (Å²) < 4.78 is 5.56. The molecule has 0 bridgehead atoms. The molecule has 0 saturated carbocycles. The molecular formula is C12H14Cl2N2O3.